The normalized spacial score (nSPS) is 30.6. The molecule has 4 heterocycles. The number of nitrogens with zero attached hydrogens (tertiary/aromatic N) is 3. The van der Waals surface area contributed by atoms with Crippen LogP contribution in [0.3, 0.4) is 0 Å². The van der Waals surface area contributed by atoms with Gasteiger partial charge in [0.1, 0.15) is 5.60 Å². The van der Waals surface area contributed by atoms with E-state index in [1.807, 2.05) is 11.8 Å². The zero-order valence-electron chi connectivity index (χ0n) is 12.4. The number of hydrogen-bond donors (Lipinski definition) is 1. The van der Waals surface area contributed by atoms with Gasteiger partial charge in [0.2, 0.25) is 0 Å². The van der Waals surface area contributed by atoms with Crippen LogP contribution in [-0.2, 0) is 9.53 Å². The standard InChI is InChI=1S/C14H18N4O3S/c1-9-10(22-12-15-4-6-18(9)12)11(19)17-5-2-3-14(8-17)7-16-13(20)21-14/h2-8H2,1H3,(H,16,20)/t14-/m0/s1. The van der Waals surface area contributed by atoms with Gasteiger partial charge < -0.3 is 19.9 Å². The van der Waals surface area contributed by atoms with E-state index in [1.165, 1.54) is 11.8 Å². The molecule has 1 atom stereocenters. The second-order valence-corrected chi connectivity index (χ2v) is 7.07. The predicted molar refractivity (Wildman–Crippen MR) is 82.3 cm³/mol. The van der Waals surface area contributed by atoms with Crippen LogP contribution in [-0.4, -0.2) is 65.3 Å². The van der Waals surface area contributed by atoms with E-state index in [-0.39, 0.29) is 12.0 Å². The number of fused-ring (bicyclic) bond motifs is 1. The fourth-order valence-corrected chi connectivity index (χ4v) is 4.61. The number of alkyl carbamates (subject to hydrolysis) is 1. The monoisotopic (exact) mass is 322 g/mol. The molecule has 22 heavy (non-hydrogen) atoms. The largest absolute Gasteiger partial charge is 0.439 e. The lowest BCUT2D eigenvalue weighted by Gasteiger charge is -2.38. The number of allylic oxidation sites excluding steroid dienone is 1. The zero-order chi connectivity index (χ0) is 15.3. The molecule has 0 unspecified atom stereocenters. The van der Waals surface area contributed by atoms with E-state index in [4.69, 9.17) is 4.74 Å². The number of hydrogen-bond acceptors (Lipinski definition) is 6. The summed E-state index contributed by atoms with van der Waals surface area (Å²) in [6.07, 6.45) is 1.27. The van der Waals surface area contributed by atoms with E-state index in [0.29, 0.717) is 19.6 Å². The molecule has 4 aliphatic rings. The van der Waals surface area contributed by atoms with Crippen molar-refractivity contribution in [2.75, 3.05) is 32.7 Å². The number of aliphatic imine (C=N–C) groups is 1. The van der Waals surface area contributed by atoms with Crippen LogP contribution in [0.15, 0.2) is 15.6 Å². The molecule has 0 bridgehead atoms. The SMILES string of the molecule is CC1=C(C(=O)N2CCC[C@]3(CNC(=O)O3)C2)SC2=NCCN21. The van der Waals surface area contributed by atoms with Gasteiger partial charge in [-0.3, -0.25) is 9.79 Å². The molecular formula is C14H18N4O3S. The number of nitrogens with one attached hydrogen (secondary N) is 1. The van der Waals surface area contributed by atoms with Gasteiger partial charge in [-0.15, -0.1) is 0 Å². The highest BCUT2D eigenvalue weighted by atomic mass is 32.2. The average molecular weight is 322 g/mol. The first-order valence-corrected chi connectivity index (χ1v) is 8.36. The lowest BCUT2D eigenvalue weighted by molar-refractivity contribution is -0.131. The van der Waals surface area contributed by atoms with Gasteiger partial charge in [0.15, 0.2) is 5.17 Å². The molecule has 0 aromatic heterocycles. The highest BCUT2D eigenvalue weighted by molar-refractivity contribution is 8.18. The summed E-state index contributed by atoms with van der Waals surface area (Å²) < 4.78 is 5.43. The third-order valence-corrected chi connectivity index (χ3v) is 5.82. The van der Waals surface area contributed by atoms with Gasteiger partial charge in [0.05, 0.1) is 24.5 Å². The first kappa shape index (κ1) is 13.9. The van der Waals surface area contributed by atoms with Crippen molar-refractivity contribution < 1.29 is 14.3 Å². The van der Waals surface area contributed by atoms with Gasteiger partial charge in [-0.05, 0) is 31.5 Å². The summed E-state index contributed by atoms with van der Waals surface area (Å²) in [6.45, 7) is 5.30. The Morgan fingerprint density at radius 1 is 1.45 bits per heavy atom. The predicted octanol–water partition coefficient (Wildman–Crippen LogP) is 0.737. The first-order valence-electron chi connectivity index (χ1n) is 7.55. The number of thioether (sulfide) groups is 1. The van der Waals surface area contributed by atoms with Gasteiger partial charge in [0.25, 0.3) is 5.91 Å². The smallest absolute Gasteiger partial charge is 0.407 e. The van der Waals surface area contributed by atoms with E-state index < -0.39 is 5.60 Å². The second kappa shape index (κ2) is 4.91. The minimum Gasteiger partial charge on any atom is -0.439 e. The van der Waals surface area contributed by atoms with Crippen molar-refractivity contribution in [1.29, 1.82) is 0 Å². The van der Waals surface area contributed by atoms with Crippen molar-refractivity contribution in [3.63, 3.8) is 0 Å². The van der Waals surface area contributed by atoms with Crippen molar-refractivity contribution in [3.05, 3.63) is 10.6 Å². The van der Waals surface area contributed by atoms with Crippen molar-refractivity contribution in [2.24, 2.45) is 4.99 Å². The third kappa shape index (κ3) is 2.08. The number of piperidine rings is 1. The third-order valence-electron chi connectivity index (χ3n) is 4.61. The Morgan fingerprint density at radius 2 is 2.32 bits per heavy atom. The maximum atomic E-state index is 12.9. The van der Waals surface area contributed by atoms with Crippen molar-refractivity contribution >= 4 is 28.9 Å². The summed E-state index contributed by atoms with van der Waals surface area (Å²) in [5, 5.41) is 3.64. The molecule has 4 aliphatic heterocycles. The number of carbonyl (C=O) groups is 2. The van der Waals surface area contributed by atoms with Crippen molar-refractivity contribution in [3.8, 4) is 0 Å². The number of ether oxygens (including phenoxy) is 1. The van der Waals surface area contributed by atoms with Gasteiger partial charge in [-0.1, -0.05) is 0 Å². The van der Waals surface area contributed by atoms with Gasteiger partial charge >= 0.3 is 6.09 Å². The molecule has 4 rings (SSSR count). The van der Waals surface area contributed by atoms with Crippen LogP contribution >= 0.6 is 11.8 Å². The molecule has 1 N–H and O–H groups in total. The Balaban J connectivity index is 1.52. The first-order chi connectivity index (χ1) is 10.6. The molecule has 2 fully saturated rings. The summed E-state index contributed by atoms with van der Waals surface area (Å²) >= 11 is 1.46. The highest BCUT2D eigenvalue weighted by Gasteiger charge is 2.46. The molecular weight excluding hydrogens is 304 g/mol. The summed E-state index contributed by atoms with van der Waals surface area (Å²) in [5.41, 5.74) is 0.448. The highest BCUT2D eigenvalue weighted by Crippen LogP contribution is 2.38. The van der Waals surface area contributed by atoms with Crippen LogP contribution in [0, 0.1) is 0 Å². The lowest BCUT2D eigenvalue weighted by atomic mass is 9.93. The van der Waals surface area contributed by atoms with E-state index in [9.17, 15) is 9.59 Å². The zero-order valence-corrected chi connectivity index (χ0v) is 13.2. The van der Waals surface area contributed by atoms with E-state index >= 15 is 0 Å². The Hall–Kier alpha value is -1.70. The van der Waals surface area contributed by atoms with Gasteiger partial charge in [-0.25, -0.2) is 4.79 Å². The van der Waals surface area contributed by atoms with E-state index in [2.05, 4.69) is 15.2 Å². The quantitative estimate of drug-likeness (QED) is 0.771. The minimum absolute atomic E-state index is 0.0293. The summed E-state index contributed by atoms with van der Waals surface area (Å²) in [6, 6.07) is 0. The fourth-order valence-electron chi connectivity index (χ4n) is 3.46. The van der Waals surface area contributed by atoms with Crippen LogP contribution in [0.4, 0.5) is 4.79 Å². The fraction of sp³-hybridized carbons (Fsp3) is 0.643. The van der Waals surface area contributed by atoms with Crippen LogP contribution in [0.2, 0.25) is 0 Å². The lowest BCUT2D eigenvalue weighted by Crippen LogP contribution is -2.52. The van der Waals surface area contributed by atoms with Crippen LogP contribution in [0.25, 0.3) is 0 Å². The molecule has 1 spiro atoms. The number of likely N-dealkylation sites (tertiary alicyclic amines) is 1. The van der Waals surface area contributed by atoms with Crippen molar-refractivity contribution in [2.45, 2.75) is 25.4 Å². The molecule has 7 nitrogen and oxygen atoms in total. The number of rotatable bonds is 1. The Kier molecular flexibility index (Phi) is 3.11. The Morgan fingerprint density at radius 3 is 3.05 bits per heavy atom. The minimum atomic E-state index is -0.545. The Labute approximate surface area is 132 Å². The van der Waals surface area contributed by atoms with Crippen molar-refractivity contribution in [1.82, 2.24) is 15.1 Å². The molecule has 2 saturated heterocycles. The topological polar surface area (TPSA) is 74.2 Å². The molecule has 2 amide bonds. The second-order valence-electron chi connectivity index (χ2n) is 6.09. The molecule has 0 saturated carbocycles. The van der Waals surface area contributed by atoms with Crippen LogP contribution in [0.5, 0.6) is 0 Å². The number of amides is 2. The summed E-state index contributed by atoms with van der Waals surface area (Å²) in [7, 11) is 0. The molecule has 0 aromatic rings. The average Bonchev–Trinajstić information content (AvgIpc) is 3.17. The van der Waals surface area contributed by atoms with Gasteiger partial charge in [-0.2, -0.15) is 0 Å². The number of amidine groups is 1. The molecule has 0 radical (unpaired) electrons. The molecule has 0 aliphatic carbocycles. The van der Waals surface area contributed by atoms with Gasteiger partial charge in [0, 0.05) is 18.8 Å². The molecule has 118 valence electrons. The summed E-state index contributed by atoms with van der Waals surface area (Å²) in [4.78, 5) is 33.3. The van der Waals surface area contributed by atoms with E-state index in [0.717, 1.165) is 41.7 Å². The van der Waals surface area contributed by atoms with Crippen LogP contribution in [0.1, 0.15) is 19.8 Å². The van der Waals surface area contributed by atoms with Crippen LogP contribution < -0.4 is 5.32 Å². The summed E-state index contributed by atoms with van der Waals surface area (Å²) in [5.74, 6) is 0.0293. The maximum absolute atomic E-state index is 12.9. The number of carbonyl (C=O) groups excluding carboxylic acids is 2. The van der Waals surface area contributed by atoms with E-state index in [1.54, 1.807) is 0 Å². The molecule has 0 aromatic carbocycles. The molecule has 8 heteroatoms. The Bertz CT molecular complexity index is 617. The maximum Gasteiger partial charge on any atom is 0.407 e.